The van der Waals surface area contributed by atoms with Gasteiger partial charge in [0.15, 0.2) is 0 Å². The first kappa shape index (κ1) is 17.1. The van der Waals surface area contributed by atoms with Crippen molar-refractivity contribution in [1.29, 1.82) is 0 Å². The molecule has 1 aliphatic rings. The van der Waals surface area contributed by atoms with Crippen LogP contribution in [0.25, 0.3) is 5.69 Å². The summed E-state index contributed by atoms with van der Waals surface area (Å²) in [7, 11) is 0. The summed E-state index contributed by atoms with van der Waals surface area (Å²) in [4.78, 5) is 14.7. The van der Waals surface area contributed by atoms with Crippen LogP contribution in [0.5, 0.6) is 0 Å². The first-order chi connectivity index (χ1) is 12.6. The molecule has 0 N–H and O–H groups in total. The van der Waals surface area contributed by atoms with Crippen LogP contribution in [0.4, 0.5) is 5.69 Å². The number of aromatic nitrogens is 4. The Morgan fingerprint density at radius 2 is 2.12 bits per heavy atom. The molecule has 1 aliphatic heterocycles. The molecule has 0 radical (unpaired) electrons. The van der Waals surface area contributed by atoms with Crippen molar-refractivity contribution in [3.63, 3.8) is 0 Å². The number of anilines is 1. The van der Waals surface area contributed by atoms with E-state index in [2.05, 4.69) is 28.5 Å². The third-order valence-electron chi connectivity index (χ3n) is 4.29. The zero-order chi connectivity index (χ0) is 18.1. The summed E-state index contributed by atoms with van der Waals surface area (Å²) in [5.41, 5.74) is 2.97. The van der Waals surface area contributed by atoms with Crippen molar-refractivity contribution >= 4 is 35.0 Å². The molecule has 4 rings (SSSR count). The second-order valence-electron chi connectivity index (χ2n) is 6.09. The topological polar surface area (TPSA) is 63.9 Å². The highest BCUT2D eigenvalue weighted by Crippen LogP contribution is 2.32. The molecule has 3 aromatic rings. The molecule has 0 unspecified atom stereocenters. The van der Waals surface area contributed by atoms with E-state index < -0.39 is 0 Å². The lowest BCUT2D eigenvalue weighted by molar-refractivity contribution is -0.116. The summed E-state index contributed by atoms with van der Waals surface area (Å²) in [6, 6.07) is 15.5. The van der Waals surface area contributed by atoms with Crippen molar-refractivity contribution in [1.82, 2.24) is 20.2 Å². The summed E-state index contributed by atoms with van der Waals surface area (Å²) < 4.78 is 1.59. The molecule has 2 heterocycles. The number of thioether (sulfide) groups is 1. The minimum atomic E-state index is 0.0492. The zero-order valence-electron chi connectivity index (χ0n) is 14.0. The van der Waals surface area contributed by atoms with Crippen molar-refractivity contribution in [2.75, 3.05) is 10.7 Å². The predicted molar refractivity (Wildman–Crippen MR) is 102 cm³/mol. The van der Waals surface area contributed by atoms with Gasteiger partial charge < -0.3 is 4.90 Å². The third kappa shape index (κ3) is 3.20. The standard InChI is InChI=1S/C18H16ClN5OS/c1-12-9-13-5-2-3-8-16(13)23(12)17(25)11-26-18-20-21-22-24(18)15-7-4-6-14(19)10-15/h2-8,10,12H,9,11H2,1H3/t12-/m0/s1. The Labute approximate surface area is 160 Å². The number of amides is 1. The second kappa shape index (κ2) is 7.09. The smallest absolute Gasteiger partial charge is 0.237 e. The van der Waals surface area contributed by atoms with Gasteiger partial charge in [-0.1, -0.05) is 47.6 Å². The highest BCUT2D eigenvalue weighted by atomic mass is 35.5. The van der Waals surface area contributed by atoms with Crippen LogP contribution in [0.1, 0.15) is 12.5 Å². The van der Waals surface area contributed by atoms with Gasteiger partial charge in [-0.05, 0) is 53.6 Å². The van der Waals surface area contributed by atoms with Gasteiger partial charge in [0.1, 0.15) is 0 Å². The van der Waals surface area contributed by atoms with Crippen LogP contribution < -0.4 is 4.90 Å². The molecule has 1 atom stereocenters. The number of hydrogen-bond acceptors (Lipinski definition) is 5. The summed E-state index contributed by atoms with van der Waals surface area (Å²) in [6.07, 6.45) is 0.882. The summed E-state index contributed by atoms with van der Waals surface area (Å²) in [6.45, 7) is 2.07. The molecule has 2 aromatic carbocycles. The van der Waals surface area contributed by atoms with Crippen LogP contribution in [0, 0.1) is 0 Å². The SMILES string of the molecule is C[C@H]1Cc2ccccc2N1C(=O)CSc1nnnn1-c1cccc(Cl)c1. The van der Waals surface area contributed by atoms with E-state index in [1.54, 1.807) is 16.8 Å². The summed E-state index contributed by atoms with van der Waals surface area (Å²) in [5.74, 6) is 0.313. The van der Waals surface area contributed by atoms with Crippen LogP contribution >= 0.6 is 23.4 Å². The number of fused-ring (bicyclic) bond motifs is 1. The Bertz CT molecular complexity index is 960. The van der Waals surface area contributed by atoms with Crippen molar-refractivity contribution in [3.05, 3.63) is 59.1 Å². The zero-order valence-corrected chi connectivity index (χ0v) is 15.6. The molecule has 0 saturated carbocycles. The van der Waals surface area contributed by atoms with Crippen LogP contribution in [0.3, 0.4) is 0 Å². The van der Waals surface area contributed by atoms with Crippen LogP contribution in [-0.4, -0.2) is 37.9 Å². The molecule has 0 fully saturated rings. The molecular weight excluding hydrogens is 370 g/mol. The Morgan fingerprint density at radius 1 is 1.27 bits per heavy atom. The minimum Gasteiger partial charge on any atom is -0.308 e. The summed E-state index contributed by atoms with van der Waals surface area (Å²) >= 11 is 7.36. The maximum atomic E-state index is 12.8. The Morgan fingerprint density at radius 3 is 2.96 bits per heavy atom. The fourth-order valence-corrected chi connectivity index (χ4v) is 4.11. The minimum absolute atomic E-state index is 0.0492. The average molecular weight is 386 g/mol. The Hall–Kier alpha value is -2.38. The van der Waals surface area contributed by atoms with Gasteiger partial charge in [-0.15, -0.1) is 5.10 Å². The predicted octanol–water partition coefficient (Wildman–Crippen LogP) is 3.39. The largest absolute Gasteiger partial charge is 0.308 e. The van der Waals surface area contributed by atoms with Crippen molar-refractivity contribution in [3.8, 4) is 5.69 Å². The van der Waals surface area contributed by atoms with Gasteiger partial charge in [-0.3, -0.25) is 4.79 Å². The monoisotopic (exact) mass is 385 g/mol. The van der Waals surface area contributed by atoms with E-state index >= 15 is 0 Å². The lowest BCUT2D eigenvalue weighted by Crippen LogP contribution is -2.37. The molecule has 0 aliphatic carbocycles. The molecule has 0 bridgehead atoms. The van der Waals surface area contributed by atoms with E-state index in [4.69, 9.17) is 11.6 Å². The van der Waals surface area contributed by atoms with E-state index in [-0.39, 0.29) is 17.7 Å². The number of nitrogens with zero attached hydrogens (tertiary/aromatic N) is 5. The number of tetrazole rings is 1. The fraction of sp³-hybridized carbons (Fsp3) is 0.222. The molecule has 1 amide bonds. The van der Waals surface area contributed by atoms with Gasteiger partial charge >= 0.3 is 0 Å². The maximum absolute atomic E-state index is 12.8. The van der Waals surface area contributed by atoms with Gasteiger partial charge in [-0.2, -0.15) is 4.68 Å². The first-order valence-electron chi connectivity index (χ1n) is 8.20. The van der Waals surface area contributed by atoms with Crippen molar-refractivity contribution in [2.45, 2.75) is 24.5 Å². The third-order valence-corrected chi connectivity index (χ3v) is 5.43. The average Bonchev–Trinajstić information content (AvgIpc) is 3.23. The number of hydrogen-bond donors (Lipinski definition) is 0. The van der Waals surface area contributed by atoms with Crippen LogP contribution in [-0.2, 0) is 11.2 Å². The lowest BCUT2D eigenvalue weighted by atomic mass is 10.1. The van der Waals surface area contributed by atoms with Gasteiger partial charge in [0, 0.05) is 16.8 Å². The molecule has 0 spiro atoms. The maximum Gasteiger partial charge on any atom is 0.237 e. The quantitative estimate of drug-likeness (QED) is 0.644. The van der Waals surface area contributed by atoms with E-state index in [9.17, 15) is 4.79 Å². The normalized spacial score (nSPS) is 15.9. The fourth-order valence-electron chi connectivity index (χ4n) is 3.18. The van der Waals surface area contributed by atoms with Crippen molar-refractivity contribution < 1.29 is 4.79 Å². The van der Waals surface area contributed by atoms with Gasteiger partial charge in [0.05, 0.1) is 11.4 Å². The molecule has 6 nitrogen and oxygen atoms in total. The number of para-hydroxylation sites is 1. The van der Waals surface area contributed by atoms with E-state index in [0.29, 0.717) is 10.2 Å². The van der Waals surface area contributed by atoms with Gasteiger partial charge in [0.25, 0.3) is 0 Å². The van der Waals surface area contributed by atoms with Crippen molar-refractivity contribution in [2.24, 2.45) is 0 Å². The molecule has 1 aromatic heterocycles. The number of benzene rings is 2. The van der Waals surface area contributed by atoms with Gasteiger partial charge in [0.2, 0.25) is 11.1 Å². The number of rotatable bonds is 4. The number of carbonyl (C=O) groups excluding carboxylic acids is 1. The van der Waals surface area contributed by atoms with Crippen LogP contribution in [0.15, 0.2) is 53.7 Å². The molecule has 132 valence electrons. The number of carbonyl (C=O) groups is 1. The highest BCUT2D eigenvalue weighted by molar-refractivity contribution is 7.99. The molecule has 0 saturated heterocycles. The van der Waals surface area contributed by atoms with Gasteiger partial charge in [-0.25, -0.2) is 0 Å². The number of halogens is 1. The van der Waals surface area contributed by atoms with E-state index in [1.807, 2.05) is 35.2 Å². The summed E-state index contributed by atoms with van der Waals surface area (Å²) in [5, 5.41) is 12.9. The van der Waals surface area contributed by atoms with Crippen LogP contribution in [0.2, 0.25) is 5.02 Å². The Kier molecular flexibility index (Phi) is 4.65. The van der Waals surface area contributed by atoms with E-state index in [1.165, 1.54) is 17.3 Å². The van der Waals surface area contributed by atoms with E-state index in [0.717, 1.165) is 17.8 Å². The lowest BCUT2D eigenvalue weighted by Gasteiger charge is -2.22. The molecular formula is C18H16ClN5OS. The molecule has 26 heavy (non-hydrogen) atoms. The second-order valence-corrected chi connectivity index (χ2v) is 7.47. The first-order valence-corrected chi connectivity index (χ1v) is 9.57. The highest BCUT2D eigenvalue weighted by Gasteiger charge is 2.30. The molecule has 8 heteroatoms. The Balaban J connectivity index is 1.51.